The van der Waals surface area contributed by atoms with Gasteiger partial charge in [0.1, 0.15) is 16.8 Å². The molecule has 0 saturated carbocycles. The lowest BCUT2D eigenvalue weighted by Gasteiger charge is -2.10. The van der Waals surface area contributed by atoms with Crippen LogP contribution in [-0.2, 0) is 0 Å². The van der Waals surface area contributed by atoms with E-state index in [4.69, 9.17) is 17.0 Å². The molecule has 0 saturated heterocycles. The number of nitrogens with one attached hydrogen (secondary N) is 2. The molecule has 0 spiro atoms. The first-order valence-corrected chi connectivity index (χ1v) is 10.7. The Morgan fingerprint density at radius 3 is 2.55 bits per heavy atom. The molecule has 3 aromatic carbocycles. The van der Waals surface area contributed by atoms with Crippen molar-refractivity contribution in [2.75, 3.05) is 11.9 Å². The van der Waals surface area contributed by atoms with Crippen LogP contribution >= 0.6 is 28.1 Å². The van der Waals surface area contributed by atoms with Gasteiger partial charge < -0.3 is 10.1 Å². The minimum absolute atomic E-state index is 0.194. The van der Waals surface area contributed by atoms with Crippen LogP contribution in [0, 0.1) is 0 Å². The molecule has 4 aromatic rings. The molecule has 0 aliphatic heterocycles. The Bertz CT molecular complexity index is 1260. The molecule has 0 radical (unpaired) electrons. The van der Waals surface area contributed by atoms with Crippen molar-refractivity contribution in [1.29, 1.82) is 0 Å². The summed E-state index contributed by atoms with van der Waals surface area (Å²) in [5.74, 6) is 0.500. The highest BCUT2D eigenvalue weighted by atomic mass is 79.9. The normalized spacial score (nSPS) is 10.6. The number of ether oxygens (including phenoxy) is 1. The molecular weight excluding hydrogens is 478 g/mol. The Morgan fingerprint density at radius 1 is 1.06 bits per heavy atom. The van der Waals surface area contributed by atoms with Crippen molar-refractivity contribution >= 4 is 55.9 Å². The van der Waals surface area contributed by atoms with E-state index < -0.39 is 0 Å². The molecule has 9 heteroatoms. The van der Waals surface area contributed by atoms with Gasteiger partial charge in [0.2, 0.25) is 0 Å². The van der Waals surface area contributed by atoms with Crippen LogP contribution in [0.3, 0.4) is 0 Å². The van der Waals surface area contributed by atoms with Crippen LogP contribution in [0.5, 0.6) is 5.75 Å². The number of carbonyl (C=O) groups is 1. The van der Waals surface area contributed by atoms with Crippen molar-refractivity contribution in [3.8, 4) is 11.4 Å². The van der Waals surface area contributed by atoms with Gasteiger partial charge in [0.05, 0.1) is 17.9 Å². The van der Waals surface area contributed by atoms with Gasteiger partial charge in [-0.1, -0.05) is 12.1 Å². The fourth-order valence-corrected chi connectivity index (χ4v) is 3.60. The predicted molar refractivity (Wildman–Crippen MR) is 128 cm³/mol. The summed E-state index contributed by atoms with van der Waals surface area (Å²) < 4.78 is 6.16. The number of anilines is 1. The molecule has 0 fully saturated rings. The Kier molecular flexibility index (Phi) is 6.24. The van der Waals surface area contributed by atoms with Crippen LogP contribution in [-0.4, -0.2) is 32.6 Å². The Labute approximate surface area is 192 Å². The third-order valence-corrected chi connectivity index (χ3v) is 5.26. The summed E-state index contributed by atoms with van der Waals surface area (Å²) >= 11 is 8.65. The molecule has 4 rings (SSSR count). The number of rotatable bonds is 5. The first-order valence-electron chi connectivity index (χ1n) is 9.50. The van der Waals surface area contributed by atoms with Crippen LogP contribution in [0.15, 0.2) is 71.2 Å². The fourth-order valence-electron chi connectivity index (χ4n) is 2.93. The number of nitrogens with zero attached hydrogens (tertiary/aromatic N) is 3. The number of thiocarbonyl (C=S) groups is 1. The molecule has 7 nitrogen and oxygen atoms in total. The van der Waals surface area contributed by atoms with Gasteiger partial charge in [-0.15, -0.1) is 10.2 Å². The lowest BCUT2D eigenvalue weighted by Crippen LogP contribution is -2.34. The number of halogens is 1. The van der Waals surface area contributed by atoms with E-state index in [0.717, 1.165) is 17.0 Å². The van der Waals surface area contributed by atoms with Crippen molar-refractivity contribution in [2.24, 2.45) is 0 Å². The minimum Gasteiger partial charge on any atom is -0.494 e. The number of benzene rings is 3. The van der Waals surface area contributed by atoms with E-state index in [1.54, 1.807) is 23.0 Å². The minimum atomic E-state index is -0.299. The average molecular weight is 496 g/mol. The first kappa shape index (κ1) is 21.0. The maximum Gasteiger partial charge on any atom is 0.258 e. The summed E-state index contributed by atoms with van der Waals surface area (Å²) in [6.45, 7) is 2.56. The van der Waals surface area contributed by atoms with Crippen molar-refractivity contribution in [3.05, 3.63) is 76.8 Å². The third kappa shape index (κ3) is 4.89. The van der Waals surface area contributed by atoms with Gasteiger partial charge in [0, 0.05) is 10.2 Å². The summed E-state index contributed by atoms with van der Waals surface area (Å²) in [6, 6.07) is 20.2. The van der Waals surface area contributed by atoms with Gasteiger partial charge in [0.15, 0.2) is 5.11 Å². The second kappa shape index (κ2) is 9.23. The van der Waals surface area contributed by atoms with E-state index in [-0.39, 0.29) is 11.0 Å². The zero-order chi connectivity index (χ0) is 21.8. The van der Waals surface area contributed by atoms with Gasteiger partial charge in [0.25, 0.3) is 5.91 Å². The predicted octanol–water partition coefficient (Wildman–Crippen LogP) is 4.71. The lowest BCUT2D eigenvalue weighted by molar-refractivity contribution is 0.0977. The first-order chi connectivity index (χ1) is 15.0. The quantitative estimate of drug-likeness (QED) is 0.390. The van der Waals surface area contributed by atoms with Crippen molar-refractivity contribution < 1.29 is 9.53 Å². The number of carbonyl (C=O) groups excluding carboxylic acids is 1. The van der Waals surface area contributed by atoms with Gasteiger partial charge in [-0.05, 0) is 89.7 Å². The maximum absolute atomic E-state index is 12.4. The molecule has 0 unspecified atom stereocenters. The van der Waals surface area contributed by atoms with Crippen LogP contribution in [0.1, 0.15) is 17.3 Å². The second-order valence-electron chi connectivity index (χ2n) is 6.51. The Balaban J connectivity index is 1.47. The molecule has 2 N–H and O–H groups in total. The summed E-state index contributed by atoms with van der Waals surface area (Å²) in [4.78, 5) is 14.0. The van der Waals surface area contributed by atoms with E-state index in [1.807, 2.05) is 55.5 Å². The number of hydrogen-bond acceptors (Lipinski definition) is 5. The highest BCUT2D eigenvalue weighted by molar-refractivity contribution is 9.10. The highest BCUT2D eigenvalue weighted by Crippen LogP contribution is 2.20. The molecule has 0 atom stereocenters. The summed E-state index contributed by atoms with van der Waals surface area (Å²) in [5, 5.41) is 14.9. The maximum atomic E-state index is 12.4. The van der Waals surface area contributed by atoms with Gasteiger partial charge in [-0.3, -0.25) is 10.1 Å². The van der Waals surface area contributed by atoms with Crippen LogP contribution in [0.4, 0.5) is 5.69 Å². The SMILES string of the molecule is CCOc1ccc(-n2nc3ccc(NC(=S)NC(=O)c4ccccc4Br)cc3n2)cc1. The number of amides is 1. The summed E-state index contributed by atoms with van der Waals surface area (Å²) in [6.07, 6.45) is 0. The standard InChI is InChI=1S/C22H18BrN5O2S/c1-2-30-16-10-8-15(9-11-16)28-26-19-12-7-14(13-20(19)27-28)24-22(31)25-21(29)17-5-3-4-6-18(17)23/h3-13H,2H2,1H3,(H2,24,25,29,31). The van der Waals surface area contributed by atoms with Gasteiger partial charge >= 0.3 is 0 Å². The van der Waals surface area contributed by atoms with E-state index in [0.29, 0.717) is 27.8 Å². The van der Waals surface area contributed by atoms with Gasteiger partial charge in [-0.25, -0.2) is 0 Å². The van der Waals surface area contributed by atoms with E-state index in [1.165, 1.54) is 0 Å². The van der Waals surface area contributed by atoms with E-state index >= 15 is 0 Å². The largest absolute Gasteiger partial charge is 0.494 e. The van der Waals surface area contributed by atoms with Crippen LogP contribution in [0.2, 0.25) is 0 Å². The molecule has 0 bridgehead atoms. The van der Waals surface area contributed by atoms with Crippen LogP contribution in [0.25, 0.3) is 16.7 Å². The molecule has 1 amide bonds. The molecule has 0 aliphatic rings. The summed E-state index contributed by atoms with van der Waals surface area (Å²) in [7, 11) is 0. The number of fused-ring (bicyclic) bond motifs is 1. The Morgan fingerprint density at radius 2 is 1.81 bits per heavy atom. The molecule has 0 aliphatic carbocycles. The number of hydrogen-bond donors (Lipinski definition) is 2. The molecule has 156 valence electrons. The van der Waals surface area contributed by atoms with Crippen molar-refractivity contribution in [1.82, 2.24) is 20.3 Å². The van der Waals surface area contributed by atoms with Crippen molar-refractivity contribution in [2.45, 2.75) is 6.92 Å². The second-order valence-corrected chi connectivity index (χ2v) is 7.77. The summed E-state index contributed by atoms with van der Waals surface area (Å²) in [5.41, 5.74) is 3.45. The molecule has 1 heterocycles. The van der Waals surface area contributed by atoms with Gasteiger partial charge in [-0.2, -0.15) is 4.80 Å². The molecular formula is C22H18BrN5O2S. The molecule has 1 aromatic heterocycles. The number of aromatic nitrogens is 3. The topological polar surface area (TPSA) is 81.1 Å². The van der Waals surface area contributed by atoms with E-state index in [2.05, 4.69) is 36.8 Å². The van der Waals surface area contributed by atoms with Crippen LogP contribution < -0.4 is 15.4 Å². The fraction of sp³-hybridized carbons (Fsp3) is 0.0909. The monoisotopic (exact) mass is 495 g/mol. The zero-order valence-electron chi connectivity index (χ0n) is 16.5. The Hall–Kier alpha value is -3.30. The zero-order valence-corrected chi connectivity index (χ0v) is 18.9. The average Bonchev–Trinajstić information content (AvgIpc) is 3.18. The lowest BCUT2D eigenvalue weighted by atomic mass is 10.2. The van der Waals surface area contributed by atoms with Crippen molar-refractivity contribution in [3.63, 3.8) is 0 Å². The third-order valence-electron chi connectivity index (χ3n) is 4.36. The molecule has 31 heavy (non-hydrogen) atoms. The smallest absolute Gasteiger partial charge is 0.258 e. The van der Waals surface area contributed by atoms with E-state index in [9.17, 15) is 4.79 Å². The highest BCUT2D eigenvalue weighted by Gasteiger charge is 2.12.